The van der Waals surface area contributed by atoms with E-state index in [0.29, 0.717) is 24.3 Å². The number of anilines is 2. The van der Waals surface area contributed by atoms with Gasteiger partial charge in [-0.3, -0.25) is 9.69 Å². The minimum absolute atomic E-state index is 0.0477. The van der Waals surface area contributed by atoms with Gasteiger partial charge in [0.25, 0.3) is 5.91 Å². The Morgan fingerprint density at radius 2 is 1.69 bits per heavy atom. The van der Waals surface area contributed by atoms with E-state index in [4.69, 9.17) is 0 Å². The standard InChI is InChI=1S/C27H30FN7O/c1-31-19-21(20-32-9-11-34(12-10-32)26-22(18-29)3-2-8-30-26)17-25(31)27(36)35-15-13-33(14-16-35)24-6-4-23(28)5-7-24/h2-8,17,19H,9-16,20H2,1H3. The average Bonchev–Trinajstić information content (AvgIpc) is 3.29. The molecule has 5 rings (SSSR count). The minimum Gasteiger partial charge on any atom is -0.368 e. The number of pyridine rings is 1. The Morgan fingerprint density at radius 1 is 1.00 bits per heavy atom. The average molecular weight is 488 g/mol. The van der Waals surface area contributed by atoms with Crippen molar-refractivity contribution >= 4 is 17.4 Å². The van der Waals surface area contributed by atoms with Crippen molar-refractivity contribution in [2.45, 2.75) is 6.54 Å². The highest BCUT2D eigenvalue weighted by Crippen LogP contribution is 2.21. The van der Waals surface area contributed by atoms with Crippen LogP contribution >= 0.6 is 0 Å². The van der Waals surface area contributed by atoms with Crippen LogP contribution in [-0.2, 0) is 13.6 Å². The third-order valence-corrected chi connectivity index (χ3v) is 7.02. The van der Waals surface area contributed by atoms with E-state index in [-0.39, 0.29) is 11.7 Å². The van der Waals surface area contributed by atoms with Crippen molar-refractivity contribution in [3.05, 3.63) is 77.5 Å². The summed E-state index contributed by atoms with van der Waals surface area (Å²) in [6.45, 7) is 6.85. The van der Waals surface area contributed by atoms with E-state index >= 15 is 0 Å². The highest BCUT2D eigenvalue weighted by atomic mass is 19.1. The van der Waals surface area contributed by atoms with Crippen molar-refractivity contribution in [2.75, 3.05) is 62.2 Å². The van der Waals surface area contributed by atoms with Gasteiger partial charge in [-0.2, -0.15) is 5.26 Å². The lowest BCUT2D eigenvalue weighted by atomic mass is 10.2. The molecule has 186 valence electrons. The third kappa shape index (κ3) is 5.04. The van der Waals surface area contributed by atoms with Gasteiger partial charge >= 0.3 is 0 Å². The lowest BCUT2D eigenvalue weighted by Gasteiger charge is -2.36. The Kier molecular flexibility index (Phi) is 6.87. The summed E-state index contributed by atoms with van der Waals surface area (Å²) in [5, 5.41) is 9.36. The van der Waals surface area contributed by atoms with E-state index in [1.807, 2.05) is 28.8 Å². The number of hydrogen-bond acceptors (Lipinski definition) is 6. The molecular weight excluding hydrogens is 457 g/mol. The van der Waals surface area contributed by atoms with Crippen molar-refractivity contribution in [1.82, 2.24) is 19.4 Å². The number of piperazine rings is 2. The molecule has 4 heterocycles. The first-order valence-electron chi connectivity index (χ1n) is 12.3. The molecule has 2 aliphatic rings. The zero-order valence-electron chi connectivity index (χ0n) is 20.5. The zero-order valence-corrected chi connectivity index (χ0v) is 20.5. The number of hydrogen-bond donors (Lipinski definition) is 0. The van der Waals surface area contributed by atoms with Gasteiger partial charge in [0, 0.05) is 84.0 Å². The highest BCUT2D eigenvalue weighted by Gasteiger charge is 2.25. The smallest absolute Gasteiger partial charge is 0.270 e. The summed E-state index contributed by atoms with van der Waals surface area (Å²) in [6.07, 6.45) is 3.77. The molecule has 1 aromatic carbocycles. The van der Waals surface area contributed by atoms with Gasteiger partial charge in [-0.15, -0.1) is 0 Å². The SMILES string of the molecule is Cn1cc(CN2CCN(c3ncccc3C#N)CC2)cc1C(=O)N1CCN(c2ccc(F)cc2)CC1. The van der Waals surface area contributed by atoms with Gasteiger partial charge in [0.1, 0.15) is 23.4 Å². The number of nitriles is 1. The molecule has 36 heavy (non-hydrogen) atoms. The maximum Gasteiger partial charge on any atom is 0.270 e. The van der Waals surface area contributed by atoms with E-state index in [2.05, 4.69) is 25.8 Å². The first kappa shape index (κ1) is 23.8. The van der Waals surface area contributed by atoms with Crippen molar-refractivity contribution in [3.63, 3.8) is 0 Å². The van der Waals surface area contributed by atoms with Gasteiger partial charge in [0.2, 0.25) is 0 Å². The van der Waals surface area contributed by atoms with Gasteiger partial charge in [0.15, 0.2) is 0 Å². The number of benzene rings is 1. The van der Waals surface area contributed by atoms with Crippen LogP contribution in [0.3, 0.4) is 0 Å². The Labute approximate surface area is 210 Å². The molecule has 9 heteroatoms. The van der Waals surface area contributed by atoms with E-state index in [1.54, 1.807) is 30.5 Å². The first-order valence-corrected chi connectivity index (χ1v) is 12.3. The topological polar surface area (TPSA) is 71.6 Å². The van der Waals surface area contributed by atoms with Crippen LogP contribution in [0.15, 0.2) is 54.9 Å². The maximum absolute atomic E-state index is 13.3. The number of carbonyl (C=O) groups excluding carboxylic acids is 1. The van der Waals surface area contributed by atoms with E-state index in [1.165, 1.54) is 12.1 Å². The van der Waals surface area contributed by atoms with E-state index in [9.17, 15) is 14.4 Å². The van der Waals surface area contributed by atoms with Crippen molar-refractivity contribution in [2.24, 2.45) is 7.05 Å². The number of carbonyl (C=O) groups is 1. The molecule has 2 aromatic heterocycles. The number of nitrogens with zero attached hydrogens (tertiary/aromatic N) is 7. The van der Waals surface area contributed by atoms with Gasteiger partial charge < -0.3 is 19.3 Å². The summed E-state index contributed by atoms with van der Waals surface area (Å²) in [4.78, 5) is 26.3. The Bertz CT molecular complexity index is 1250. The molecule has 0 N–H and O–H groups in total. The molecule has 1 amide bonds. The normalized spacial score (nSPS) is 16.8. The second-order valence-corrected chi connectivity index (χ2v) is 9.35. The fraction of sp³-hybridized carbons (Fsp3) is 0.370. The van der Waals surface area contributed by atoms with Gasteiger partial charge in [0.05, 0.1) is 5.56 Å². The van der Waals surface area contributed by atoms with Crippen LogP contribution in [0.1, 0.15) is 21.6 Å². The van der Waals surface area contributed by atoms with Crippen molar-refractivity contribution in [1.29, 1.82) is 5.26 Å². The van der Waals surface area contributed by atoms with Crippen LogP contribution < -0.4 is 9.80 Å². The molecule has 8 nitrogen and oxygen atoms in total. The first-order chi connectivity index (χ1) is 17.5. The number of aryl methyl sites for hydroxylation is 1. The van der Waals surface area contributed by atoms with Crippen molar-refractivity contribution < 1.29 is 9.18 Å². The monoisotopic (exact) mass is 487 g/mol. The van der Waals surface area contributed by atoms with Crippen molar-refractivity contribution in [3.8, 4) is 6.07 Å². The number of halogens is 1. The Morgan fingerprint density at radius 3 is 2.39 bits per heavy atom. The summed E-state index contributed by atoms with van der Waals surface area (Å²) in [6, 6.07) is 14.4. The lowest BCUT2D eigenvalue weighted by Crippen LogP contribution is -2.49. The van der Waals surface area contributed by atoms with Crippen LogP contribution in [0.4, 0.5) is 15.9 Å². The molecule has 0 saturated carbocycles. The molecule has 0 radical (unpaired) electrons. The fourth-order valence-corrected chi connectivity index (χ4v) is 5.03. The Hall–Kier alpha value is -3.90. The van der Waals surface area contributed by atoms with Crippen LogP contribution in [0.5, 0.6) is 0 Å². The zero-order chi connectivity index (χ0) is 25.1. The predicted octanol–water partition coefficient (Wildman–Crippen LogP) is 2.72. The summed E-state index contributed by atoms with van der Waals surface area (Å²) in [5.74, 6) is 0.563. The largest absolute Gasteiger partial charge is 0.368 e. The molecule has 0 bridgehead atoms. The fourth-order valence-electron chi connectivity index (χ4n) is 5.03. The molecular formula is C27H30FN7O. The number of amides is 1. The summed E-state index contributed by atoms with van der Waals surface area (Å²) < 4.78 is 15.1. The molecule has 0 spiro atoms. The molecule has 3 aromatic rings. The predicted molar refractivity (Wildman–Crippen MR) is 136 cm³/mol. The van der Waals surface area contributed by atoms with E-state index < -0.39 is 0 Å². The second-order valence-electron chi connectivity index (χ2n) is 9.35. The molecule has 0 unspecified atom stereocenters. The summed E-state index contributed by atoms with van der Waals surface area (Å²) >= 11 is 0. The quantitative estimate of drug-likeness (QED) is 0.551. The number of aromatic nitrogens is 2. The van der Waals surface area contributed by atoms with Gasteiger partial charge in [-0.25, -0.2) is 9.37 Å². The molecule has 2 fully saturated rings. The lowest BCUT2D eigenvalue weighted by molar-refractivity contribution is 0.0737. The maximum atomic E-state index is 13.3. The van der Waals surface area contributed by atoms with Gasteiger partial charge in [-0.05, 0) is 48.0 Å². The minimum atomic E-state index is -0.240. The Balaban J connectivity index is 1.15. The molecule has 0 atom stereocenters. The van der Waals surface area contributed by atoms with Crippen LogP contribution in [0.2, 0.25) is 0 Å². The molecule has 2 saturated heterocycles. The van der Waals surface area contributed by atoms with E-state index in [0.717, 1.165) is 62.9 Å². The number of rotatable bonds is 5. The highest BCUT2D eigenvalue weighted by molar-refractivity contribution is 5.93. The summed E-state index contributed by atoms with van der Waals surface area (Å²) in [5.41, 5.74) is 3.41. The van der Waals surface area contributed by atoms with Crippen LogP contribution in [-0.4, -0.2) is 77.6 Å². The molecule has 0 aliphatic carbocycles. The molecule has 2 aliphatic heterocycles. The third-order valence-electron chi connectivity index (χ3n) is 7.02. The summed E-state index contributed by atoms with van der Waals surface area (Å²) in [7, 11) is 1.92. The van der Waals surface area contributed by atoms with Gasteiger partial charge in [-0.1, -0.05) is 0 Å². The second kappa shape index (κ2) is 10.4. The van der Waals surface area contributed by atoms with Crippen LogP contribution in [0, 0.1) is 17.1 Å². The van der Waals surface area contributed by atoms with Crippen LogP contribution in [0.25, 0.3) is 0 Å².